The number of nitrogen functional groups attached to an aromatic ring is 1. The zero-order valence-corrected chi connectivity index (χ0v) is 10.7. The van der Waals surface area contributed by atoms with Gasteiger partial charge in [-0.25, -0.2) is 0 Å². The van der Waals surface area contributed by atoms with Crippen molar-refractivity contribution in [1.82, 2.24) is 4.98 Å². The Labute approximate surface area is 107 Å². The van der Waals surface area contributed by atoms with Crippen LogP contribution in [0.25, 0.3) is 11.1 Å². The Kier molecular flexibility index (Phi) is 2.65. The van der Waals surface area contributed by atoms with Crippen LogP contribution in [0.15, 0.2) is 22.6 Å². The maximum absolute atomic E-state index is 5.72. The number of nitrogens with zero attached hydrogens (tertiary/aromatic N) is 1. The summed E-state index contributed by atoms with van der Waals surface area (Å²) in [6.45, 7) is 3.21. The summed E-state index contributed by atoms with van der Waals surface area (Å²) < 4.78 is 5.66. The van der Waals surface area contributed by atoms with Crippen LogP contribution in [-0.4, -0.2) is 11.5 Å². The molecule has 0 atom stereocenters. The van der Waals surface area contributed by atoms with Gasteiger partial charge in [0.1, 0.15) is 5.52 Å². The van der Waals surface area contributed by atoms with E-state index in [-0.39, 0.29) is 0 Å². The van der Waals surface area contributed by atoms with Crippen molar-refractivity contribution >= 4 is 22.8 Å². The van der Waals surface area contributed by atoms with E-state index in [0.717, 1.165) is 17.6 Å². The molecule has 0 unspecified atom stereocenters. The Morgan fingerprint density at radius 3 is 2.94 bits per heavy atom. The van der Waals surface area contributed by atoms with Crippen LogP contribution in [-0.2, 0) is 0 Å². The van der Waals surface area contributed by atoms with Crippen LogP contribution in [0.1, 0.15) is 32.6 Å². The summed E-state index contributed by atoms with van der Waals surface area (Å²) in [5, 5.41) is 3.33. The van der Waals surface area contributed by atoms with Gasteiger partial charge in [-0.05, 0) is 36.8 Å². The van der Waals surface area contributed by atoms with E-state index in [9.17, 15) is 0 Å². The molecule has 3 rings (SSSR count). The third-order valence-corrected chi connectivity index (χ3v) is 4.19. The molecule has 1 aliphatic rings. The van der Waals surface area contributed by atoms with Crippen molar-refractivity contribution in [3.05, 3.63) is 18.2 Å². The summed E-state index contributed by atoms with van der Waals surface area (Å²) in [5.74, 6) is 0. The van der Waals surface area contributed by atoms with Crippen LogP contribution in [0.2, 0.25) is 0 Å². The lowest BCUT2D eigenvalue weighted by Gasteiger charge is -2.41. The van der Waals surface area contributed by atoms with E-state index in [0.29, 0.717) is 17.1 Å². The molecular weight excluding hydrogens is 226 g/mol. The minimum atomic E-state index is 0.458. The number of anilines is 2. The minimum Gasteiger partial charge on any atom is -0.423 e. The first-order chi connectivity index (χ1) is 8.71. The third kappa shape index (κ3) is 1.92. The van der Waals surface area contributed by atoms with Crippen molar-refractivity contribution in [1.29, 1.82) is 0 Å². The lowest BCUT2D eigenvalue weighted by Crippen LogP contribution is -2.35. The number of aromatic nitrogens is 1. The SMILES string of the molecule is CCC1(CNc2nc3ccc(N)cc3o2)CCC1. The second kappa shape index (κ2) is 4.19. The van der Waals surface area contributed by atoms with Crippen LogP contribution >= 0.6 is 0 Å². The molecule has 0 bridgehead atoms. The highest BCUT2D eigenvalue weighted by Gasteiger charge is 2.35. The van der Waals surface area contributed by atoms with Crippen LogP contribution < -0.4 is 11.1 Å². The molecule has 1 heterocycles. The van der Waals surface area contributed by atoms with E-state index < -0.39 is 0 Å². The number of nitrogens with one attached hydrogen (secondary N) is 1. The normalized spacial score (nSPS) is 17.6. The van der Waals surface area contributed by atoms with Gasteiger partial charge >= 0.3 is 0 Å². The lowest BCUT2D eigenvalue weighted by molar-refractivity contribution is 0.144. The van der Waals surface area contributed by atoms with E-state index in [2.05, 4.69) is 17.2 Å². The molecule has 4 heteroatoms. The van der Waals surface area contributed by atoms with Crippen molar-refractivity contribution in [3.63, 3.8) is 0 Å². The molecule has 1 aliphatic carbocycles. The van der Waals surface area contributed by atoms with Crippen molar-refractivity contribution in [2.24, 2.45) is 5.41 Å². The maximum atomic E-state index is 5.72. The molecule has 3 N–H and O–H groups in total. The Balaban J connectivity index is 1.74. The van der Waals surface area contributed by atoms with Crippen molar-refractivity contribution in [2.75, 3.05) is 17.6 Å². The van der Waals surface area contributed by atoms with E-state index >= 15 is 0 Å². The summed E-state index contributed by atoms with van der Waals surface area (Å²) in [6, 6.07) is 6.15. The molecule has 1 fully saturated rings. The summed E-state index contributed by atoms with van der Waals surface area (Å²) in [6.07, 6.45) is 5.18. The van der Waals surface area contributed by atoms with E-state index in [1.807, 2.05) is 18.2 Å². The average molecular weight is 245 g/mol. The van der Waals surface area contributed by atoms with Crippen molar-refractivity contribution in [3.8, 4) is 0 Å². The molecular formula is C14H19N3O. The number of hydrogen-bond acceptors (Lipinski definition) is 4. The van der Waals surface area contributed by atoms with Crippen LogP contribution in [0, 0.1) is 5.41 Å². The van der Waals surface area contributed by atoms with Gasteiger partial charge in [0.15, 0.2) is 5.58 Å². The zero-order valence-electron chi connectivity index (χ0n) is 10.7. The maximum Gasteiger partial charge on any atom is 0.295 e. The molecule has 0 spiro atoms. The molecule has 2 aromatic rings. The van der Waals surface area contributed by atoms with Crippen LogP contribution in [0.5, 0.6) is 0 Å². The van der Waals surface area contributed by atoms with Gasteiger partial charge in [0.2, 0.25) is 0 Å². The molecule has 0 aliphatic heterocycles. The monoisotopic (exact) mass is 245 g/mol. The number of benzene rings is 1. The highest BCUT2D eigenvalue weighted by atomic mass is 16.4. The standard InChI is InChI=1S/C14H19N3O/c1-2-14(6-3-7-14)9-16-13-17-11-5-4-10(15)8-12(11)18-13/h4-5,8H,2-3,6-7,9,15H2,1H3,(H,16,17). The van der Waals surface area contributed by atoms with Crippen molar-refractivity contribution < 1.29 is 4.42 Å². The average Bonchev–Trinajstić information content (AvgIpc) is 2.70. The molecule has 1 saturated carbocycles. The molecule has 1 aromatic heterocycles. The molecule has 0 saturated heterocycles. The van der Waals surface area contributed by atoms with Gasteiger partial charge < -0.3 is 15.5 Å². The highest BCUT2D eigenvalue weighted by Crippen LogP contribution is 2.43. The Morgan fingerprint density at radius 2 is 2.28 bits per heavy atom. The first-order valence-corrected chi connectivity index (χ1v) is 6.61. The topological polar surface area (TPSA) is 64.1 Å². The lowest BCUT2D eigenvalue weighted by atomic mass is 9.67. The first kappa shape index (κ1) is 11.4. The third-order valence-electron chi connectivity index (χ3n) is 4.19. The first-order valence-electron chi connectivity index (χ1n) is 6.61. The van der Waals surface area contributed by atoms with Gasteiger partial charge in [0.25, 0.3) is 6.01 Å². The Bertz CT molecular complexity index is 552. The summed E-state index contributed by atoms with van der Waals surface area (Å²) in [5.41, 5.74) is 8.48. The quantitative estimate of drug-likeness (QED) is 0.810. The number of oxazole rings is 1. The second-order valence-corrected chi connectivity index (χ2v) is 5.31. The Hall–Kier alpha value is -1.71. The number of nitrogens with two attached hydrogens (primary N) is 1. The predicted molar refractivity (Wildman–Crippen MR) is 73.5 cm³/mol. The van der Waals surface area contributed by atoms with E-state index in [1.165, 1.54) is 25.7 Å². The van der Waals surface area contributed by atoms with Crippen LogP contribution in [0.3, 0.4) is 0 Å². The van der Waals surface area contributed by atoms with Gasteiger partial charge in [-0.15, -0.1) is 0 Å². The van der Waals surface area contributed by atoms with Gasteiger partial charge in [-0.2, -0.15) is 4.98 Å². The fraction of sp³-hybridized carbons (Fsp3) is 0.500. The number of fused-ring (bicyclic) bond motifs is 1. The molecule has 96 valence electrons. The smallest absolute Gasteiger partial charge is 0.295 e. The second-order valence-electron chi connectivity index (χ2n) is 5.31. The molecule has 4 nitrogen and oxygen atoms in total. The van der Waals surface area contributed by atoms with Gasteiger partial charge in [0.05, 0.1) is 0 Å². The molecule has 18 heavy (non-hydrogen) atoms. The summed E-state index contributed by atoms with van der Waals surface area (Å²) in [7, 11) is 0. The molecule has 1 aromatic carbocycles. The van der Waals surface area contributed by atoms with Crippen molar-refractivity contribution in [2.45, 2.75) is 32.6 Å². The highest BCUT2D eigenvalue weighted by molar-refractivity contribution is 5.78. The largest absolute Gasteiger partial charge is 0.423 e. The van der Waals surface area contributed by atoms with E-state index in [4.69, 9.17) is 10.2 Å². The minimum absolute atomic E-state index is 0.458. The fourth-order valence-corrected chi connectivity index (χ4v) is 2.61. The van der Waals surface area contributed by atoms with Gasteiger partial charge in [-0.3, -0.25) is 0 Å². The molecule has 0 radical (unpaired) electrons. The zero-order chi connectivity index (χ0) is 12.6. The van der Waals surface area contributed by atoms with Gasteiger partial charge in [-0.1, -0.05) is 13.3 Å². The number of rotatable bonds is 4. The summed E-state index contributed by atoms with van der Waals surface area (Å²) >= 11 is 0. The van der Waals surface area contributed by atoms with Gasteiger partial charge in [0, 0.05) is 18.3 Å². The van der Waals surface area contributed by atoms with E-state index in [1.54, 1.807) is 0 Å². The summed E-state index contributed by atoms with van der Waals surface area (Å²) in [4.78, 5) is 4.42. The molecule has 0 amide bonds. The Morgan fingerprint density at radius 1 is 1.44 bits per heavy atom. The number of hydrogen-bond donors (Lipinski definition) is 2. The predicted octanol–water partition coefficient (Wildman–Crippen LogP) is 3.40. The fourth-order valence-electron chi connectivity index (χ4n) is 2.61. The van der Waals surface area contributed by atoms with Crippen LogP contribution in [0.4, 0.5) is 11.7 Å².